The van der Waals surface area contributed by atoms with Crippen LogP contribution in [0, 0.1) is 6.92 Å². The number of sulfonamides is 1. The van der Waals surface area contributed by atoms with Gasteiger partial charge in [-0.25, -0.2) is 22.0 Å². The van der Waals surface area contributed by atoms with E-state index in [4.69, 9.17) is 5.11 Å². The van der Waals surface area contributed by atoms with E-state index in [-0.39, 0.29) is 29.8 Å². The van der Waals surface area contributed by atoms with E-state index in [1.807, 2.05) is 0 Å². The summed E-state index contributed by atoms with van der Waals surface area (Å²) < 4.78 is 52.2. The molecule has 0 aliphatic carbocycles. The Morgan fingerprint density at radius 1 is 1.38 bits per heavy atom. The lowest BCUT2D eigenvalue weighted by Crippen LogP contribution is -2.45. The third-order valence-electron chi connectivity index (χ3n) is 3.43. The highest BCUT2D eigenvalue weighted by Crippen LogP contribution is 2.30. The van der Waals surface area contributed by atoms with E-state index in [9.17, 15) is 22.0 Å². The number of rotatable bonds is 3. The van der Waals surface area contributed by atoms with Gasteiger partial charge in [-0.05, 0) is 31.0 Å². The molecule has 0 aromatic heterocycles. The molecule has 0 radical (unpaired) electrons. The topological polar surface area (TPSA) is 74.7 Å². The zero-order valence-electron chi connectivity index (χ0n) is 11.3. The summed E-state index contributed by atoms with van der Waals surface area (Å²) in [4.78, 5) is 10.8. The molecular weight excluding hydrogens is 304 g/mol. The Hall–Kier alpha value is -1.54. The molecule has 1 aliphatic heterocycles. The molecule has 0 amide bonds. The first-order valence-corrected chi connectivity index (χ1v) is 7.79. The molecule has 116 valence electrons. The van der Waals surface area contributed by atoms with Crippen molar-refractivity contribution in [3.63, 3.8) is 0 Å². The SMILES string of the molecule is Cc1ccc(S(=O)(=O)N2CCCC(F)(F)C2)cc1C(=O)O. The molecule has 1 heterocycles. The highest BCUT2D eigenvalue weighted by Gasteiger charge is 2.40. The van der Waals surface area contributed by atoms with Gasteiger partial charge in [0.15, 0.2) is 0 Å². The normalized spacial score (nSPS) is 19.4. The van der Waals surface area contributed by atoms with Crippen molar-refractivity contribution in [1.82, 2.24) is 4.31 Å². The number of hydrogen-bond donors (Lipinski definition) is 1. The molecule has 1 aromatic carbocycles. The van der Waals surface area contributed by atoms with Crippen molar-refractivity contribution in [2.45, 2.75) is 30.6 Å². The Bertz CT molecular complexity index is 673. The third kappa shape index (κ3) is 3.21. The third-order valence-corrected chi connectivity index (χ3v) is 5.28. The number of aryl methyl sites for hydroxylation is 1. The molecular formula is C13H15F2NO4S. The fourth-order valence-electron chi connectivity index (χ4n) is 2.28. The first-order valence-electron chi connectivity index (χ1n) is 6.35. The van der Waals surface area contributed by atoms with Crippen LogP contribution in [0.5, 0.6) is 0 Å². The average molecular weight is 319 g/mol. The van der Waals surface area contributed by atoms with E-state index in [0.29, 0.717) is 9.87 Å². The minimum atomic E-state index is -4.12. The fraction of sp³-hybridized carbons (Fsp3) is 0.462. The molecule has 0 saturated carbocycles. The maximum absolute atomic E-state index is 13.4. The molecule has 0 spiro atoms. The number of alkyl halides is 2. The van der Waals surface area contributed by atoms with E-state index in [1.165, 1.54) is 19.1 Å². The van der Waals surface area contributed by atoms with Gasteiger partial charge in [-0.15, -0.1) is 0 Å². The van der Waals surface area contributed by atoms with Crippen LogP contribution >= 0.6 is 0 Å². The van der Waals surface area contributed by atoms with Crippen LogP contribution in [0.3, 0.4) is 0 Å². The standard InChI is InChI=1S/C13H15F2NO4S/c1-9-3-4-10(7-11(9)12(17)18)21(19,20)16-6-2-5-13(14,15)8-16/h3-4,7H,2,5-6,8H2,1H3,(H,17,18). The first kappa shape index (κ1) is 15.8. The Morgan fingerprint density at radius 2 is 2.05 bits per heavy atom. The Morgan fingerprint density at radius 3 is 2.62 bits per heavy atom. The number of carboxylic acid groups (broad SMARTS) is 1. The number of nitrogens with zero attached hydrogens (tertiary/aromatic N) is 1. The van der Waals surface area contributed by atoms with Gasteiger partial charge in [0.05, 0.1) is 17.0 Å². The molecule has 1 fully saturated rings. The van der Waals surface area contributed by atoms with Gasteiger partial charge < -0.3 is 5.11 Å². The lowest BCUT2D eigenvalue weighted by Gasteiger charge is -2.31. The monoisotopic (exact) mass is 319 g/mol. The number of carboxylic acids is 1. The maximum atomic E-state index is 13.4. The number of benzene rings is 1. The molecule has 5 nitrogen and oxygen atoms in total. The molecule has 1 saturated heterocycles. The zero-order chi connectivity index (χ0) is 15.8. The summed E-state index contributed by atoms with van der Waals surface area (Å²) in [5.41, 5.74) is 0.255. The van der Waals surface area contributed by atoms with E-state index in [1.54, 1.807) is 0 Å². The number of piperidine rings is 1. The van der Waals surface area contributed by atoms with Gasteiger partial charge in [-0.2, -0.15) is 4.31 Å². The minimum Gasteiger partial charge on any atom is -0.478 e. The summed E-state index contributed by atoms with van der Waals surface area (Å²) >= 11 is 0. The lowest BCUT2D eigenvalue weighted by atomic mass is 10.1. The summed E-state index contributed by atoms with van der Waals surface area (Å²) in [6, 6.07) is 3.61. The zero-order valence-corrected chi connectivity index (χ0v) is 12.2. The van der Waals surface area contributed by atoms with Crippen LogP contribution in [0.25, 0.3) is 0 Å². The van der Waals surface area contributed by atoms with Crippen molar-refractivity contribution in [2.24, 2.45) is 0 Å². The maximum Gasteiger partial charge on any atom is 0.335 e. The molecule has 2 rings (SSSR count). The number of hydrogen-bond acceptors (Lipinski definition) is 3. The van der Waals surface area contributed by atoms with Crippen LogP contribution in [0.15, 0.2) is 23.1 Å². The predicted molar refractivity (Wildman–Crippen MR) is 71.1 cm³/mol. The molecule has 1 aliphatic rings. The smallest absolute Gasteiger partial charge is 0.335 e. The van der Waals surface area contributed by atoms with Crippen LogP contribution in [0.2, 0.25) is 0 Å². The van der Waals surface area contributed by atoms with Crippen LogP contribution in [-0.4, -0.2) is 42.8 Å². The van der Waals surface area contributed by atoms with E-state index in [2.05, 4.69) is 0 Å². The van der Waals surface area contributed by atoms with Crippen molar-refractivity contribution in [2.75, 3.05) is 13.1 Å². The quantitative estimate of drug-likeness (QED) is 0.926. The fourth-order valence-corrected chi connectivity index (χ4v) is 3.81. The second kappa shape index (κ2) is 5.34. The Balaban J connectivity index is 2.40. The van der Waals surface area contributed by atoms with Crippen LogP contribution in [0.1, 0.15) is 28.8 Å². The van der Waals surface area contributed by atoms with Gasteiger partial charge in [0.1, 0.15) is 0 Å². The van der Waals surface area contributed by atoms with Crippen LogP contribution in [-0.2, 0) is 10.0 Å². The van der Waals surface area contributed by atoms with Gasteiger partial charge in [0.2, 0.25) is 10.0 Å². The van der Waals surface area contributed by atoms with Crippen molar-refractivity contribution in [1.29, 1.82) is 0 Å². The highest BCUT2D eigenvalue weighted by atomic mass is 32.2. The largest absolute Gasteiger partial charge is 0.478 e. The Kier molecular flexibility index (Phi) is 4.03. The first-order chi connectivity index (χ1) is 9.63. The van der Waals surface area contributed by atoms with Crippen molar-refractivity contribution in [3.8, 4) is 0 Å². The van der Waals surface area contributed by atoms with Gasteiger partial charge in [0, 0.05) is 13.0 Å². The summed E-state index contributed by atoms with van der Waals surface area (Å²) in [6.07, 6.45) is -0.267. The number of halogens is 2. The van der Waals surface area contributed by atoms with Gasteiger partial charge in [-0.3, -0.25) is 0 Å². The van der Waals surface area contributed by atoms with E-state index < -0.39 is 28.5 Å². The number of carbonyl (C=O) groups is 1. The predicted octanol–water partition coefficient (Wildman–Crippen LogP) is 2.11. The van der Waals surface area contributed by atoms with Gasteiger partial charge >= 0.3 is 5.97 Å². The van der Waals surface area contributed by atoms with E-state index in [0.717, 1.165) is 6.07 Å². The van der Waals surface area contributed by atoms with Crippen molar-refractivity contribution in [3.05, 3.63) is 29.3 Å². The molecule has 21 heavy (non-hydrogen) atoms. The second-order valence-corrected chi connectivity index (χ2v) is 7.02. The molecule has 8 heteroatoms. The average Bonchev–Trinajstić information content (AvgIpc) is 2.37. The minimum absolute atomic E-state index is 0.00814. The van der Waals surface area contributed by atoms with Crippen LogP contribution < -0.4 is 0 Å². The lowest BCUT2D eigenvalue weighted by molar-refractivity contribution is -0.0434. The molecule has 1 N–H and O–H groups in total. The number of aromatic carboxylic acids is 1. The molecule has 0 bridgehead atoms. The van der Waals surface area contributed by atoms with Gasteiger partial charge in [-0.1, -0.05) is 6.07 Å². The Labute approximate surface area is 121 Å². The molecule has 1 aromatic rings. The summed E-state index contributed by atoms with van der Waals surface area (Å²) in [6.45, 7) is 0.675. The highest BCUT2D eigenvalue weighted by molar-refractivity contribution is 7.89. The van der Waals surface area contributed by atoms with Gasteiger partial charge in [0.25, 0.3) is 5.92 Å². The van der Waals surface area contributed by atoms with Crippen LogP contribution in [0.4, 0.5) is 8.78 Å². The summed E-state index contributed by atoms with van der Waals surface area (Å²) in [7, 11) is -4.12. The molecule has 0 atom stereocenters. The van der Waals surface area contributed by atoms with Crippen molar-refractivity contribution < 1.29 is 27.1 Å². The van der Waals surface area contributed by atoms with Crippen molar-refractivity contribution >= 4 is 16.0 Å². The summed E-state index contributed by atoms with van der Waals surface area (Å²) in [5, 5.41) is 9.02. The summed E-state index contributed by atoms with van der Waals surface area (Å²) in [5.74, 6) is -4.31. The van der Waals surface area contributed by atoms with E-state index >= 15 is 0 Å². The molecule has 0 unspecified atom stereocenters. The second-order valence-electron chi connectivity index (χ2n) is 5.08.